The Labute approximate surface area is 171 Å². The summed E-state index contributed by atoms with van der Waals surface area (Å²) in [5.41, 5.74) is 6.98. The summed E-state index contributed by atoms with van der Waals surface area (Å²) in [6.07, 6.45) is 6.21. The van der Waals surface area contributed by atoms with Crippen molar-refractivity contribution in [1.82, 2.24) is 10.3 Å². The van der Waals surface area contributed by atoms with E-state index in [0.717, 1.165) is 17.7 Å². The number of amides is 1. The van der Waals surface area contributed by atoms with Gasteiger partial charge in [0, 0.05) is 24.4 Å². The van der Waals surface area contributed by atoms with E-state index < -0.39 is 0 Å². The number of carbonyl (C=O) groups is 1. The molecule has 2 aromatic carbocycles. The van der Waals surface area contributed by atoms with Crippen LogP contribution in [0.2, 0.25) is 0 Å². The van der Waals surface area contributed by atoms with Gasteiger partial charge in [0.05, 0.1) is 0 Å². The normalized spacial score (nSPS) is 12.6. The number of hydrogen-bond acceptors (Lipinski definition) is 3. The molecule has 4 rings (SSSR count). The monoisotopic (exact) mass is 384 g/mol. The Morgan fingerprint density at radius 1 is 1.03 bits per heavy atom. The van der Waals surface area contributed by atoms with Gasteiger partial charge >= 0.3 is 6.09 Å². The summed E-state index contributed by atoms with van der Waals surface area (Å²) in [7, 11) is 0. The zero-order valence-corrected chi connectivity index (χ0v) is 16.5. The molecule has 0 aliphatic heterocycles. The number of fused-ring (bicyclic) bond motifs is 3. The van der Waals surface area contributed by atoms with E-state index >= 15 is 0 Å². The number of aromatic nitrogens is 1. The molecule has 1 N–H and O–H groups in total. The Bertz CT molecular complexity index is 997. The third kappa shape index (κ3) is 4.21. The molecule has 146 valence electrons. The van der Waals surface area contributed by atoms with Crippen molar-refractivity contribution in [3.05, 3.63) is 95.3 Å². The molecular formula is C25H24N2O2. The molecule has 0 atom stereocenters. The Morgan fingerprint density at radius 2 is 1.72 bits per heavy atom. The van der Waals surface area contributed by atoms with E-state index in [-0.39, 0.29) is 12.0 Å². The number of rotatable bonds is 6. The molecular weight excluding hydrogens is 360 g/mol. The van der Waals surface area contributed by atoms with Gasteiger partial charge in [0.2, 0.25) is 0 Å². The van der Waals surface area contributed by atoms with Crippen LogP contribution in [0.15, 0.2) is 72.9 Å². The van der Waals surface area contributed by atoms with E-state index in [1.165, 1.54) is 22.3 Å². The molecule has 1 aliphatic carbocycles. The van der Waals surface area contributed by atoms with Crippen molar-refractivity contribution in [2.75, 3.05) is 13.2 Å². The van der Waals surface area contributed by atoms with Crippen molar-refractivity contribution in [1.29, 1.82) is 0 Å². The van der Waals surface area contributed by atoms with Crippen LogP contribution in [0, 0.1) is 6.92 Å². The van der Waals surface area contributed by atoms with Crippen LogP contribution < -0.4 is 5.32 Å². The molecule has 4 nitrogen and oxygen atoms in total. The molecule has 0 saturated carbocycles. The minimum Gasteiger partial charge on any atom is -0.449 e. The molecule has 0 fully saturated rings. The zero-order chi connectivity index (χ0) is 20.1. The lowest BCUT2D eigenvalue weighted by Gasteiger charge is -2.14. The van der Waals surface area contributed by atoms with Crippen molar-refractivity contribution in [3.63, 3.8) is 0 Å². The number of alkyl carbamates (subject to hydrolysis) is 1. The fourth-order valence-electron chi connectivity index (χ4n) is 3.79. The first kappa shape index (κ1) is 18.9. The minimum atomic E-state index is -0.377. The molecule has 0 unspecified atom stereocenters. The van der Waals surface area contributed by atoms with Gasteiger partial charge in [0.1, 0.15) is 6.61 Å². The average Bonchev–Trinajstić information content (AvgIpc) is 3.07. The largest absolute Gasteiger partial charge is 0.449 e. The second kappa shape index (κ2) is 8.74. The van der Waals surface area contributed by atoms with Gasteiger partial charge < -0.3 is 10.1 Å². The van der Waals surface area contributed by atoms with Gasteiger partial charge in [0.15, 0.2) is 0 Å². The summed E-state index contributed by atoms with van der Waals surface area (Å²) in [5, 5.41) is 2.83. The topological polar surface area (TPSA) is 51.2 Å². The van der Waals surface area contributed by atoms with Crippen molar-refractivity contribution in [2.24, 2.45) is 0 Å². The smallest absolute Gasteiger partial charge is 0.407 e. The molecule has 4 heteroatoms. The number of nitrogens with zero attached hydrogens (tertiary/aromatic N) is 1. The van der Waals surface area contributed by atoms with Crippen LogP contribution in [-0.2, 0) is 4.74 Å². The number of aryl methyl sites for hydroxylation is 1. The maximum absolute atomic E-state index is 12.1. The van der Waals surface area contributed by atoms with Crippen molar-refractivity contribution >= 4 is 12.2 Å². The highest BCUT2D eigenvalue weighted by Crippen LogP contribution is 2.44. The first-order valence-electron chi connectivity index (χ1n) is 9.91. The van der Waals surface area contributed by atoms with E-state index in [9.17, 15) is 4.79 Å². The van der Waals surface area contributed by atoms with Gasteiger partial charge in [-0.05, 0) is 47.2 Å². The molecule has 1 aromatic heterocycles. The molecule has 1 heterocycles. The number of ether oxygens (including phenoxy) is 1. The summed E-state index contributed by atoms with van der Waals surface area (Å²) in [6.45, 7) is 2.85. The summed E-state index contributed by atoms with van der Waals surface area (Å²) >= 11 is 0. The van der Waals surface area contributed by atoms with E-state index in [1.807, 2.05) is 55.5 Å². The second-order valence-corrected chi connectivity index (χ2v) is 7.12. The highest BCUT2D eigenvalue weighted by molar-refractivity contribution is 5.79. The first-order chi connectivity index (χ1) is 14.2. The van der Waals surface area contributed by atoms with Crippen molar-refractivity contribution < 1.29 is 9.53 Å². The number of hydrogen-bond donors (Lipinski definition) is 1. The Kier molecular flexibility index (Phi) is 5.71. The number of benzene rings is 2. The maximum atomic E-state index is 12.1. The number of nitrogens with one attached hydrogen (secondary N) is 1. The fraction of sp³-hybridized carbons (Fsp3) is 0.200. The maximum Gasteiger partial charge on any atom is 0.407 e. The second-order valence-electron chi connectivity index (χ2n) is 7.12. The molecule has 3 aromatic rings. The number of carbonyl (C=O) groups excluding carboxylic acids is 1. The summed E-state index contributed by atoms with van der Waals surface area (Å²) < 4.78 is 5.54. The average molecular weight is 384 g/mol. The van der Waals surface area contributed by atoms with Gasteiger partial charge in [-0.3, -0.25) is 4.98 Å². The quantitative estimate of drug-likeness (QED) is 0.584. The van der Waals surface area contributed by atoms with Crippen LogP contribution in [0.25, 0.3) is 17.2 Å². The highest BCUT2D eigenvalue weighted by Gasteiger charge is 2.28. The lowest BCUT2D eigenvalue weighted by Crippen LogP contribution is -2.26. The van der Waals surface area contributed by atoms with Crippen LogP contribution in [0.1, 0.15) is 34.7 Å². The standard InChI is InChI=1S/C25H24N2O2/c1-18-19(10-8-16-26-18)9-6-7-15-27-25(28)29-17-24-22-13-4-2-11-20(22)21-12-3-5-14-23(21)24/h2-6,8-14,16,24H,7,15,17H2,1H3,(H,27,28). The van der Waals surface area contributed by atoms with Gasteiger partial charge in [-0.2, -0.15) is 0 Å². The lowest BCUT2D eigenvalue weighted by molar-refractivity contribution is 0.143. The van der Waals surface area contributed by atoms with Crippen LogP contribution >= 0.6 is 0 Å². The minimum absolute atomic E-state index is 0.0848. The Hall–Kier alpha value is -3.40. The molecule has 0 saturated heterocycles. The van der Waals surface area contributed by atoms with Gasteiger partial charge in [-0.1, -0.05) is 66.7 Å². The molecule has 29 heavy (non-hydrogen) atoms. The van der Waals surface area contributed by atoms with Crippen LogP contribution in [0.3, 0.4) is 0 Å². The van der Waals surface area contributed by atoms with E-state index in [4.69, 9.17) is 4.74 Å². The number of pyridine rings is 1. The van der Waals surface area contributed by atoms with E-state index in [1.54, 1.807) is 6.20 Å². The SMILES string of the molecule is Cc1ncccc1C=CCCNC(=O)OCC1c2ccccc2-c2ccccc21. The molecule has 1 amide bonds. The zero-order valence-electron chi connectivity index (χ0n) is 16.5. The fourth-order valence-corrected chi connectivity index (χ4v) is 3.79. The third-order valence-corrected chi connectivity index (χ3v) is 5.27. The predicted octanol–water partition coefficient (Wildman–Crippen LogP) is 5.33. The van der Waals surface area contributed by atoms with Crippen molar-refractivity contribution in [2.45, 2.75) is 19.3 Å². The predicted molar refractivity (Wildman–Crippen MR) is 116 cm³/mol. The first-order valence-corrected chi connectivity index (χ1v) is 9.91. The molecule has 0 spiro atoms. The molecule has 1 aliphatic rings. The lowest BCUT2D eigenvalue weighted by atomic mass is 9.98. The van der Waals surface area contributed by atoms with Gasteiger partial charge in [-0.15, -0.1) is 0 Å². The summed E-state index contributed by atoms with van der Waals surface area (Å²) in [5.74, 6) is 0.0848. The van der Waals surface area contributed by atoms with E-state index in [2.05, 4.69) is 34.6 Å². The third-order valence-electron chi connectivity index (χ3n) is 5.27. The Balaban J connectivity index is 1.29. The van der Waals surface area contributed by atoms with E-state index in [0.29, 0.717) is 13.2 Å². The Morgan fingerprint density at radius 3 is 2.41 bits per heavy atom. The summed E-state index contributed by atoms with van der Waals surface area (Å²) in [6, 6.07) is 20.6. The molecule has 0 bridgehead atoms. The van der Waals surface area contributed by atoms with Crippen LogP contribution in [0.5, 0.6) is 0 Å². The highest BCUT2D eigenvalue weighted by atomic mass is 16.5. The van der Waals surface area contributed by atoms with Gasteiger partial charge in [-0.25, -0.2) is 4.79 Å². The summed E-state index contributed by atoms with van der Waals surface area (Å²) in [4.78, 5) is 16.4. The van der Waals surface area contributed by atoms with Crippen LogP contribution in [-0.4, -0.2) is 24.2 Å². The van der Waals surface area contributed by atoms with Gasteiger partial charge in [0.25, 0.3) is 0 Å². The van der Waals surface area contributed by atoms with Crippen LogP contribution in [0.4, 0.5) is 4.79 Å². The molecule has 0 radical (unpaired) electrons. The van der Waals surface area contributed by atoms with Crippen molar-refractivity contribution in [3.8, 4) is 11.1 Å².